The van der Waals surface area contributed by atoms with Gasteiger partial charge in [0.25, 0.3) is 0 Å². The molecule has 0 radical (unpaired) electrons. The third kappa shape index (κ3) is 41.2. The Kier molecular flexibility index (Phi) is 42.3. The molecule has 0 amide bonds. The van der Waals surface area contributed by atoms with Gasteiger partial charge in [0.05, 0.1) is 0 Å². The van der Waals surface area contributed by atoms with Gasteiger partial charge in [0.2, 0.25) is 0 Å². The van der Waals surface area contributed by atoms with Gasteiger partial charge >= 0.3 is 17.9 Å². The van der Waals surface area contributed by atoms with Crippen molar-refractivity contribution in [2.45, 2.75) is 285 Å². The molecular formula is C52H100O6. The van der Waals surface area contributed by atoms with E-state index in [0.717, 1.165) is 75.5 Å². The van der Waals surface area contributed by atoms with Crippen LogP contribution in [0.25, 0.3) is 0 Å². The van der Waals surface area contributed by atoms with Crippen molar-refractivity contribution in [1.82, 2.24) is 0 Å². The highest BCUT2D eigenvalue weighted by Gasteiger charge is 2.19. The summed E-state index contributed by atoms with van der Waals surface area (Å²) in [5.41, 5.74) is 0. The normalized spacial score (nSPS) is 13.6. The number of carbonyl (C=O) groups excluding carboxylic acids is 3. The summed E-state index contributed by atoms with van der Waals surface area (Å²) in [4.78, 5) is 37.9. The van der Waals surface area contributed by atoms with Crippen molar-refractivity contribution in [3.8, 4) is 0 Å². The van der Waals surface area contributed by atoms with Crippen molar-refractivity contribution in [3.63, 3.8) is 0 Å². The number of ether oxygens (including phenoxy) is 3. The highest BCUT2D eigenvalue weighted by atomic mass is 16.6. The van der Waals surface area contributed by atoms with Crippen LogP contribution in [0.1, 0.15) is 279 Å². The summed E-state index contributed by atoms with van der Waals surface area (Å²) < 4.78 is 16.8. The molecule has 3 unspecified atom stereocenters. The number of hydrogen-bond donors (Lipinski definition) is 0. The van der Waals surface area contributed by atoms with Crippen LogP contribution in [0.2, 0.25) is 0 Å². The average molecular weight is 821 g/mol. The molecule has 0 aromatic carbocycles. The highest BCUT2D eigenvalue weighted by Crippen LogP contribution is 2.19. The van der Waals surface area contributed by atoms with Crippen LogP contribution in [0.3, 0.4) is 0 Å². The van der Waals surface area contributed by atoms with Gasteiger partial charge in [-0.05, 0) is 37.0 Å². The first-order chi connectivity index (χ1) is 28.2. The van der Waals surface area contributed by atoms with E-state index in [1.54, 1.807) is 0 Å². The average Bonchev–Trinajstić information content (AvgIpc) is 3.22. The topological polar surface area (TPSA) is 78.9 Å². The fourth-order valence-electron chi connectivity index (χ4n) is 7.66. The fraction of sp³-hybridized carbons (Fsp3) is 0.942. The molecule has 0 saturated carbocycles. The minimum absolute atomic E-state index is 0.0653. The molecule has 6 nitrogen and oxygen atoms in total. The first-order valence-electron chi connectivity index (χ1n) is 25.7. The third-order valence-corrected chi connectivity index (χ3v) is 12.7. The van der Waals surface area contributed by atoms with Gasteiger partial charge in [0, 0.05) is 19.3 Å². The molecule has 4 atom stereocenters. The lowest BCUT2D eigenvalue weighted by Crippen LogP contribution is -2.30. The molecule has 0 bridgehead atoms. The molecule has 0 N–H and O–H groups in total. The Labute approximate surface area is 361 Å². The predicted octanol–water partition coefficient (Wildman–Crippen LogP) is 16.4. The number of unbranched alkanes of at least 4 members (excludes halogenated alkanes) is 25. The maximum absolute atomic E-state index is 12.8. The zero-order chi connectivity index (χ0) is 42.7. The van der Waals surface area contributed by atoms with E-state index in [4.69, 9.17) is 14.2 Å². The Balaban J connectivity index is 4.35. The van der Waals surface area contributed by atoms with E-state index >= 15 is 0 Å². The quantitative estimate of drug-likeness (QED) is 0.0346. The van der Waals surface area contributed by atoms with Crippen LogP contribution in [0.15, 0.2) is 0 Å². The lowest BCUT2D eigenvalue weighted by Gasteiger charge is -2.18. The van der Waals surface area contributed by atoms with Crippen molar-refractivity contribution in [3.05, 3.63) is 0 Å². The predicted molar refractivity (Wildman–Crippen MR) is 247 cm³/mol. The third-order valence-electron chi connectivity index (χ3n) is 12.7. The molecule has 0 rings (SSSR count). The molecule has 0 aromatic rings. The van der Waals surface area contributed by atoms with Crippen LogP contribution in [-0.2, 0) is 28.6 Å². The summed E-state index contributed by atoms with van der Waals surface area (Å²) in [6.07, 6.45) is 42.1. The van der Waals surface area contributed by atoms with E-state index < -0.39 is 6.10 Å². The second-order valence-corrected chi connectivity index (χ2v) is 18.5. The van der Waals surface area contributed by atoms with E-state index in [1.807, 2.05) is 0 Å². The maximum Gasteiger partial charge on any atom is 0.306 e. The van der Waals surface area contributed by atoms with Crippen LogP contribution in [0, 0.1) is 17.8 Å². The van der Waals surface area contributed by atoms with E-state index in [2.05, 4.69) is 41.5 Å². The van der Waals surface area contributed by atoms with E-state index in [1.165, 1.54) is 161 Å². The van der Waals surface area contributed by atoms with Crippen LogP contribution in [0.5, 0.6) is 0 Å². The van der Waals surface area contributed by atoms with Gasteiger partial charge in [0.15, 0.2) is 6.10 Å². The van der Waals surface area contributed by atoms with Crippen LogP contribution in [-0.4, -0.2) is 37.2 Å². The van der Waals surface area contributed by atoms with Gasteiger partial charge in [-0.1, -0.05) is 241 Å². The summed E-state index contributed by atoms with van der Waals surface area (Å²) in [6, 6.07) is 0. The SMILES string of the molecule is CCC(C)CCCCCCCCCCCCC(=O)OC[C@H](COC(=O)CCCCCCCCCCC(C)CC)OC(=O)CCCCCCCCCCCCC(C)CC. The number of carbonyl (C=O) groups is 3. The van der Waals surface area contributed by atoms with Gasteiger partial charge in [-0.2, -0.15) is 0 Å². The lowest BCUT2D eigenvalue weighted by atomic mass is 9.99. The van der Waals surface area contributed by atoms with Gasteiger partial charge in [-0.25, -0.2) is 0 Å². The van der Waals surface area contributed by atoms with E-state index in [-0.39, 0.29) is 31.1 Å². The molecule has 0 aliphatic carbocycles. The number of esters is 3. The Morgan fingerprint density at radius 1 is 0.328 bits per heavy atom. The number of hydrogen-bond acceptors (Lipinski definition) is 6. The Hall–Kier alpha value is -1.59. The largest absolute Gasteiger partial charge is 0.462 e. The maximum atomic E-state index is 12.8. The molecule has 0 aliphatic rings. The monoisotopic (exact) mass is 821 g/mol. The van der Waals surface area contributed by atoms with E-state index in [0.29, 0.717) is 19.3 Å². The molecule has 0 aliphatic heterocycles. The molecule has 0 aromatic heterocycles. The fourth-order valence-corrected chi connectivity index (χ4v) is 7.66. The molecular weight excluding hydrogens is 721 g/mol. The van der Waals surface area contributed by atoms with Gasteiger partial charge in [-0.15, -0.1) is 0 Å². The van der Waals surface area contributed by atoms with Crippen LogP contribution < -0.4 is 0 Å². The van der Waals surface area contributed by atoms with Crippen molar-refractivity contribution in [2.24, 2.45) is 17.8 Å². The van der Waals surface area contributed by atoms with Crippen molar-refractivity contribution in [1.29, 1.82) is 0 Å². The van der Waals surface area contributed by atoms with E-state index in [9.17, 15) is 14.4 Å². The highest BCUT2D eigenvalue weighted by molar-refractivity contribution is 5.71. The molecule has 0 fully saturated rings. The van der Waals surface area contributed by atoms with Crippen molar-refractivity contribution >= 4 is 17.9 Å². The standard InChI is InChI=1S/C52H100O6/c1-7-46(4)38-32-26-20-14-10-12-16-23-29-35-41-50(53)56-44-49(45-57-51(54)42-36-30-24-19-18-22-28-34-40-48(6)9-3)58-52(55)43-37-31-25-17-13-11-15-21-27-33-39-47(5)8-2/h46-49H,7-45H2,1-6H3/t46?,47?,48?,49-/m1/s1. The van der Waals surface area contributed by atoms with Crippen LogP contribution in [0.4, 0.5) is 0 Å². The Morgan fingerprint density at radius 3 is 0.810 bits per heavy atom. The van der Waals surface area contributed by atoms with Gasteiger partial charge in [-0.3, -0.25) is 14.4 Å². The number of rotatable bonds is 45. The lowest BCUT2D eigenvalue weighted by molar-refractivity contribution is -0.167. The zero-order valence-corrected chi connectivity index (χ0v) is 39.8. The molecule has 58 heavy (non-hydrogen) atoms. The Morgan fingerprint density at radius 2 is 0.552 bits per heavy atom. The van der Waals surface area contributed by atoms with Crippen molar-refractivity contribution < 1.29 is 28.6 Å². The molecule has 0 heterocycles. The summed E-state index contributed by atoms with van der Waals surface area (Å²) in [5.74, 6) is 1.73. The van der Waals surface area contributed by atoms with Gasteiger partial charge < -0.3 is 14.2 Å². The molecule has 344 valence electrons. The second-order valence-electron chi connectivity index (χ2n) is 18.5. The minimum atomic E-state index is -0.763. The van der Waals surface area contributed by atoms with Crippen molar-refractivity contribution in [2.75, 3.05) is 13.2 Å². The second kappa shape index (κ2) is 43.5. The summed E-state index contributed by atoms with van der Waals surface area (Å²) in [5, 5.41) is 0. The minimum Gasteiger partial charge on any atom is -0.462 e. The van der Waals surface area contributed by atoms with Gasteiger partial charge in [0.1, 0.15) is 13.2 Å². The first-order valence-corrected chi connectivity index (χ1v) is 25.7. The molecule has 0 saturated heterocycles. The Bertz CT molecular complexity index is 904. The zero-order valence-electron chi connectivity index (χ0n) is 39.8. The summed E-state index contributed by atoms with van der Waals surface area (Å²) >= 11 is 0. The molecule has 6 heteroatoms. The smallest absolute Gasteiger partial charge is 0.306 e. The summed E-state index contributed by atoms with van der Waals surface area (Å²) in [7, 11) is 0. The molecule has 0 spiro atoms. The van der Waals surface area contributed by atoms with Crippen LogP contribution >= 0.6 is 0 Å². The first kappa shape index (κ1) is 56.4. The summed E-state index contributed by atoms with van der Waals surface area (Å²) in [6.45, 7) is 13.8.